The van der Waals surface area contributed by atoms with Gasteiger partial charge in [-0.2, -0.15) is 4.98 Å². The number of benzene rings is 2. The molecule has 1 aromatic heterocycles. The fourth-order valence-electron chi connectivity index (χ4n) is 4.76. The zero-order valence-corrected chi connectivity index (χ0v) is 20.4. The number of methoxy groups -OCH3 is 1. The molecule has 0 saturated carbocycles. The molecule has 0 atom stereocenters. The maximum Gasteiger partial charge on any atom is 0.268 e. The van der Waals surface area contributed by atoms with Crippen molar-refractivity contribution in [3.8, 4) is 5.88 Å². The Morgan fingerprint density at radius 3 is 2.94 bits per heavy atom. The molecule has 2 aromatic carbocycles. The maximum absolute atomic E-state index is 14.4. The van der Waals surface area contributed by atoms with Gasteiger partial charge in [-0.25, -0.2) is 9.37 Å². The highest BCUT2D eigenvalue weighted by atomic mass is 35.5. The minimum absolute atomic E-state index is 0.0378. The van der Waals surface area contributed by atoms with E-state index in [1.54, 1.807) is 7.11 Å². The summed E-state index contributed by atoms with van der Waals surface area (Å²) in [6.07, 6.45) is 2.26. The average Bonchev–Trinajstić information content (AvgIpc) is 2.80. The molecule has 0 spiro atoms. The van der Waals surface area contributed by atoms with Crippen LogP contribution in [0.1, 0.15) is 40.9 Å². The number of halogens is 2. The molecule has 10 heteroatoms. The van der Waals surface area contributed by atoms with Crippen LogP contribution < -0.4 is 20.3 Å². The number of ether oxygens (including phenoxy) is 2. The van der Waals surface area contributed by atoms with Gasteiger partial charge in [0.2, 0.25) is 11.8 Å². The first-order valence-corrected chi connectivity index (χ1v) is 11.6. The smallest absolute Gasteiger partial charge is 0.268 e. The first-order valence-electron chi connectivity index (χ1n) is 11.2. The molecule has 2 N–H and O–H groups in total. The number of para-hydroxylation sites is 1. The van der Waals surface area contributed by atoms with Gasteiger partial charge in [0.15, 0.2) is 6.73 Å². The predicted octanol–water partition coefficient (Wildman–Crippen LogP) is 4.54. The highest BCUT2D eigenvalue weighted by molar-refractivity contribution is 6.34. The molecule has 1 amide bonds. The van der Waals surface area contributed by atoms with Crippen LogP contribution in [-0.4, -0.2) is 36.3 Å². The van der Waals surface area contributed by atoms with E-state index in [2.05, 4.69) is 40.5 Å². The number of aromatic nitrogens is 2. The van der Waals surface area contributed by atoms with Crippen molar-refractivity contribution < 1.29 is 18.7 Å². The van der Waals surface area contributed by atoms with E-state index in [0.717, 1.165) is 29.1 Å². The summed E-state index contributed by atoms with van der Waals surface area (Å²) in [4.78, 5) is 22.9. The fourth-order valence-corrected chi connectivity index (χ4v) is 5.03. The number of fused-ring (bicyclic) bond motifs is 2. The lowest BCUT2D eigenvalue weighted by atomic mass is 9.81. The van der Waals surface area contributed by atoms with Gasteiger partial charge in [0.1, 0.15) is 17.1 Å². The summed E-state index contributed by atoms with van der Waals surface area (Å²) in [5.74, 6) is -0.701. The summed E-state index contributed by atoms with van der Waals surface area (Å²) >= 11 is 6.13. The molecule has 0 fully saturated rings. The first-order chi connectivity index (χ1) is 16.8. The number of nitrogens with zero attached hydrogens (tertiary/aromatic N) is 3. The Morgan fingerprint density at radius 1 is 1.34 bits per heavy atom. The number of hydrogen-bond acceptors (Lipinski definition) is 7. The normalized spacial score (nSPS) is 16.4. The van der Waals surface area contributed by atoms with Crippen LogP contribution >= 0.6 is 11.6 Å². The Kier molecular flexibility index (Phi) is 6.08. The summed E-state index contributed by atoms with van der Waals surface area (Å²) in [6, 6.07) is 8.34. The van der Waals surface area contributed by atoms with E-state index in [1.165, 1.54) is 35.5 Å². The third-order valence-corrected chi connectivity index (χ3v) is 6.52. The van der Waals surface area contributed by atoms with Crippen molar-refractivity contribution in [3.05, 3.63) is 69.6 Å². The number of carbonyl (C=O) groups is 1. The quantitative estimate of drug-likeness (QED) is 0.535. The van der Waals surface area contributed by atoms with Gasteiger partial charge in [-0.15, -0.1) is 0 Å². The van der Waals surface area contributed by atoms with Crippen LogP contribution in [0.3, 0.4) is 0 Å². The molecule has 5 rings (SSSR count). The minimum atomic E-state index is -0.616. The molecule has 0 radical (unpaired) electrons. The van der Waals surface area contributed by atoms with E-state index in [0.29, 0.717) is 6.61 Å². The zero-order chi connectivity index (χ0) is 24.7. The van der Waals surface area contributed by atoms with Crippen molar-refractivity contribution in [1.82, 2.24) is 15.3 Å². The molecule has 0 aliphatic carbocycles. The third kappa shape index (κ3) is 4.31. The van der Waals surface area contributed by atoms with Crippen LogP contribution in [0.15, 0.2) is 36.5 Å². The summed E-state index contributed by atoms with van der Waals surface area (Å²) in [6.45, 7) is 5.46. The second kappa shape index (κ2) is 9.07. The topological polar surface area (TPSA) is 88.6 Å². The summed E-state index contributed by atoms with van der Waals surface area (Å²) in [7, 11) is 1.68. The van der Waals surface area contributed by atoms with E-state index >= 15 is 0 Å². The summed E-state index contributed by atoms with van der Waals surface area (Å²) in [5, 5.41) is 6.89. The van der Waals surface area contributed by atoms with Crippen molar-refractivity contribution in [2.75, 3.05) is 30.6 Å². The number of carbonyl (C=O) groups excluding carboxylic acids is 1. The lowest BCUT2D eigenvalue weighted by Crippen LogP contribution is -2.43. The van der Waals surface area contributed by atoms with Crippen molar-refractivity contribution >= 4 is 34.8 Å². The SMILES string of the molecule is COCc1cc(Nc2ncc3c(n2)OCN(c2c(F)cccc2Cl)C3=O)cc2c1C(C)(C)NCC2. The molecule has 3 heterocycles. The van der Waals surface area contributed by atoms with E-state index in [1.807, 2.05) is 6.07 Å². The molecule has 2 aliphatic rings. The molecular weight excluding hydrogens is 473 g/mol. The van der Waals surface area contributed by atoms with Gasteiger partial charge >= 0.3 is 0 Å². The lowest BCUT2D eigenvalue weighted by Gasteiger charge is -2.36. The van der Waals surface area contributed by atoms with E-state index < -0.39 is 11.7 Å². The predicted molar refractivity (Wildman–Crippen MR) is 131 cm³/mol. The second-order valence-electron chi connectivity index (χ2n) is 9.02. The summed E-state index contributed by atoms with van der Waals surface area (Å²) in [5.41, 5.74) is 4.28. The number of anilines is 3. The zero-order valence-electron chi connectivity index (χ0n) is 19.6. The van der Waals surface area contributed by atoms with Crippen LogP contribution in [0.25, 0.3) is 0 Å². The van der Waals surface area contributed by atoms with Gasteiger partial charge < -0.3 is 20.1 Å². The highest BCUT2D eigenvalue weighted by Crippen LogP contribution is 2.36. The Morgan fingerprint density at radius 2 is 2.17 bits per heavy atom. The molecule has 8 nitrogen and oxygen atoms in total. The number of amides is 1. The van der Waals surface area contributed by atoms with Gasteiger partial charge in [0.05, 0.1) is 11.6 Å². The van der Waals surface area contributed by atoms with Gasteiger partial charge in [0.25, 0.3) is 5.91 Å². The highest BCUT2D eigenvalue weighted by Gasteiger charge is 2.32. The van der Waals surface area contributed by atoms with E-state index in [4.69, 9.17) is 21.1 Å². The average molecular weight is 498 g/mol. The molecule has 35 heavy (non-hydrogen) atoms. The fraction of sp³-hybridized carbons (Fsp3) is 0.320. The standard InChI is InChI=1S/C25H25ClFN5O3/c1-25(2)20-14(7-8-29-25)9-16(10-15(20)12-34-3)30-24-28-11-17-22(31-24)35-13-32(23(17)33)21-18(26)5-4-6-19(21)27/h4-6,9-11,29H,7-8,12-13H2,1-3H3,(H,28,30,31). The Bertz CT molecular complexity index is 1300. The first kappa shape index (κ1) is 23.5. The maximum atomic E-state index is 14.4. The van der Waals surface area contributed by atoms with Crippen molar-refractivity contribution in [2.24, 2.45) is 0 Å². The minimum Gasteiger partial charge on any atom is -0.455 e. The lowest BCUT2D eigenvalue weighted by molar-refractivity contribution is 0.0931. The van der Waals surface area contributed by atoms with Crippen LogP contribution in [0.5, 0.6) is 5.88 Å². The van der Waals surface area contributed by atoms with E-state index in [9.17, 15) is 9.18 Å². The van der Waals surface area contributed by atoms with Gasteiger partial charge in [-0.3, -0.25) is 9.69 Å². The van der Waals surface area contributed by atoms with Crippen LogP contribution in [0, 0.1) is 5.82 Å². The molecule has 3 aromatic rings. The van der Waals surface area contributed by atoms with Crippen LogP contribution in [0.4, 0.5) is 21.7 Å². The number of hydrogen-bond donors (Lipinski definition) is 2. The Balaban J connectivity index is 1.43. The second-order valence-corrected chi connectivity index (χ2v) is 9.43. The van der Waals surface area contributed by atoms with Crippen LogP contribution in [-0.2, 0) is 23.3 Å². The monoisotopic (exact) mass is 497 g/mol. The van der Waals surface area contributed by atoms with Gasteiger partial charge in [0, 0.05) is 24.5 Å². The van der Waals surface area contributed by atoms with Crippen molar-refractivity contribution in [1.29, 1.82) is 0 Å². The molecule has 0 unspecified atom stereocenters. The Hall–Kier alpha value is -3.27. The number of rotatable bonds is 5. The summed E-state index contributed by atoms with van der Waals surface area (Å²) < 4.78 is 25.5. The van der Waals surface area contributed by atoms with Gasteiger partial charge in [-0.1, -0.05) is 17.7 Å². The largest absolute Gasteiger partial charge is 0.455 e. The van der Waals surface area contributed by atoms with Crippen molar-refractivity contribution in [3.63, 3.8) is 0 Å². The van der Waals surface area contributed by atoms with Gasteiger partial charge in [-0.05, 0) is 67.8 Å². The molecule has 182 valence electrons. The molecule has 0 bridgehead atoms. The van der Waals surface area contributed by atoms with E-state index in [-0.39, 0.29) is 40.4 Å². The number of nitrogens with one attached hydrogen (secondary N) is 2. The molecular formula is C25H25ClFN5O3. The molecule has 2 aliphatic heterocycles. The Labute approximate surface area is 207 Å². The van der Waals surface area contributed by atoms with Crippen molar-refractivity contribution in [2.45, 2.75) is 32.4 Å². The van der Waals surface area contributed by atoms with Crippen LogP contribution in [0.2, 0.25) is 5.02 Å². The third-order valence-electron chi connectivity index (χ3n) is 6.21. The molecule has 0 saturated heterocycles.